The van der Waals surface area contributed by atoms with Gasteiger partial charge in [0.05, 0.1) is 6.21 Å². The Bertz CT molecular complexity index is 715. The van der Waals surface area contributed by atoms with Crippen LogP contribution >= 0.6 is 0 Å². The van der Waals surface area contributed by atoms with Crippen molar-refractivity contribution in [3.63, 3.8) is 0 Å². The molecule has 0 spiro atoms. The van der Waals surface area contributed by atoms with Gasteiger partial charge < -0.3 is 9.80 Å². The number of rotatable bonds is 4. The number of likely N-dealkylation sites (N-methyl/N-ethyl adjacent to an activating group) is 1. The van der Waals surface area contributed by atoms with Gasteiger partial charge in [0.25, 0.3) is 5.91 Å². The lowest BCUT2D eigenvalue weighted by Crippen LogP contribution is -2.64. The maximum absolute atomic E-state index is 12.2. The van der Waals surface area contributed by atoms with Gasteiger partial charge in [-0.3, -0.25) is 10.1 Å². The molecule has 8 nitrogen and oxygen atoms in total. The Balaban J connectivity index is 1.80. The summed E-state index contributed by atoms with van der Waals surface area (Å²) in [7, 11) is 1.60. The third kappa shape index (κ3) is 2.85. The molecule has 0 aliphatic carbocycles. The number of hydrogen-bond acceptors (Lipinski definition) is 6. The smallest absolute Gasteiger partial charge is 0.322 e. The summed E-state index contributed by atoms with van der Waals surface area (Å²) >= 11 is 0. The van der Waals surface area contributed by atoms with Crippen LogP contribution in [-0.2, 0) is 4.79 Å². The molecule has 1 saturated heterocycles. The number of hydrogen-bond donors (Lipinski definition) is 2. The van der Waals surface area contributed by atoms with E-state index in [2.05, 4.69) is 27.4 Å². The van der Waals surface area contributed by atoms with E-state index in [-0.39, 0.29) is 5.91 Å². The van der Waals surface area contributed by atoms with Crippen LogP contribution in [0, 0.1) is 0 Å². The zero-order chi connectivity index (χ0) is 17.1. The van der Waals surface area contributed by atoms with Crippen LogP contribution in [0.25, 0.3) is 0 Å². The van der Waals surface area contributed by atoms with Crippen molar-refractivity contribution in [1.82, 2.24) is 20.5 Å². The van der Waals surface area contributed by atoms with Crippen molar-refractivity contribution >= 4 is 24.1 Å². The number of nitrogens with zero attached hydrogens (tertiary/aromatic N) is 4. The molecule has 3 rings (SSSR count). The molecule has 3 amide bonds. The van der Waals surface area contributed by atoms with Crippen molar-refractivity contribution in [2.75, 3.05) is 13.6 Å². The maximum atomic E-state index is 12.2. The van der Waals surface area contributed by atoms with E-state index >= 15 is 0 Å². The Kier molecular flexibility index (Phi) is 4.28. The van der Waals surface area contributed by atoms with E-state index < -0.39 is 18.2 Å². The monoisotopic (exact) mass is 326 g/mol. The average molecular weight is 326 g/mol. The summed E-state index contributed by atoms with van der Waals surface area (Å²) in [5.41, 5.74) is 3.79. The first kappa shape index (κ1) is 15.7. The molecule has 24 heavy (non-hydrogen) atoms. The molecule has 2 aliphatic rings. The number of aliphatic imine (C=N–C) groups is 1. The van der Waals surface area contributed by atoms with E-state index in [0.717, 1.165) is 5.56 Å². The number of nitrogens with one attached hydrogen (secondary N) is 2. The molecule has 1 aromatic carbocycles. The molecular formula is C16H18N6O2. The summed E-state index contributed by atoms with van der Waals surface area (Å²) in [6.07, 6.45) is 2.75. The predicted molar refractivity (Wildman–Crippen MR) is 90.4 cm³/mol. The van der Waals surface area contributed by atoms with E-state index in [9.17, 15) is 9.59 Å². The third-order valence-electron chi connectivity index (χ3n) is 3.86. The highest BCUT2D eigenvalue weighted by Gasteiger charge is 2.48. The lowest BCUT2D eigenvalue weighted by atomic mass is 10.1. The minimum atomic E-state index is -0.597. The number of imide groups is 1. The van der Waals surface area contributed by atoms with Crippen LogP contribution in [0.2, 0.25) is 0 Å². The van der Waals surface area contributed by atoms with Crippen molar-refractivity contribution in [3.05, 3.63) is 48.6 Å². The van der Waals surface area contributed by atoms with Gasteiger partial charge in [-0.15, -0.1) is 6.58 Å². The lowest BCUT2D eigenvalue weighted by Gasteiger charge is -2.35. The summed E-state index contributed by atoms with van der Waals surface area (Å²) < 4.78 is 0. The van der Waals surface area contributed by atoms with Crippen LogP contribution in [-0.4, -0.2) is 59.7 Å². The normalized spacial score (nSPS) is 23.1. The fourth-order valence-electron chi connectivity index (χ4n) is 2.66. The number of urea groups is 1. The largest absolute Gasteiger partial charge is 0.325 e. The molecule has 8 heteroatoms. The zero-order valence-electron chi connectivity index (χ0n) is 13.2. The molecule has 2 aliphatic heterocycles. The third-order valence-corrected chi connectivity index (χ3v) is 3.86. The van der Waals surface area contributed by atoms with Gasteiger partial charge >= 0.3 is 6.03 Å². The van der Waals surface area contributed by atoms with Crippen LogP contribution < -0.4 is 10.7 Å². The Morgan fingerprint density at radius 1 is 1.38 bits per heavy atom. The van der Waals surface area contributed by atoms with Gasteiger partial charge in [0, 0.05) is 13.6 Å². The van der Waals surface area contributed by atoms with E-state index in [1.807, 2.05) is 30.3 Å². The molecular weight excluding hydrogens is 308 g/mol. The Hall–Kier alpha value is -3.16. The van der Waals surface area contributed by atoms with Crippen LogP contribution in [0.4, 0.5) is 4.79 Å². The van der Waals surface area contributed by atoms with Crippen molar-refractivity contribution in [2.24, 2.45) is 10.1 Å². The Labute approximate surface area is 139 Å². The zero-order valence-corrected chi connectivity index (χ0v) is 13.2. The van der Waals surface area contributed by atoms with Crippen molar-refractivity contribution in [1.29, 1.82) is 0 Å². The van der Waals surface area contributed by atoms with Gasteiger partial charge in [-0.1, -0.05) is 36.4 Å². The van der Waals surface area contributed by atoms with E-state index in [4.69, 9.17) is 0 Å². The summed E-state index contributed by atoms with van der Waals surface area (Å²) in [6, 6.07) is 8.53. The van der Waals surface area contributed by atoms with Crippen LogP contribution in [0.15, 0.2) is 53.1 Å². The molecule has 2 heterocycles. The first-order valence-electron chi connectivity index (χ1n) is 7.49. The number of carbonyl (C=O) groups excluding carboxylic acids is 2. The summed E-state index contributed by atoms with van der Waals surface area (Å²) in [5, 5.41) is 6.49. The average Bonchev–Trinajstić information content (AvgIpc) is 2.93. The molecule has 1 aromatic rings. The van der Waals surface area contributed by atoms with Gasteiger partial charge in [-0.05, 0) is 5.56 Å². The standard InChI is InChI=1S/C16H18N6O2/c1-3-9-22-12-13(21(2)16(24)19-14(12)23)18-15(22)20-17-10-11-7-5-4-6-8-11/h3-8,10,12-13H,1,9H2,2H3,(H,18,20)(H,19,23,24)/b17-10+. The van der Waals surface area contributed by atoms with Gasteiger partial charge in [0.1, 0.15) is 0 Å². The molecule has 0 saturated carbocycles. The highest BCUT2D eigenvalue weighted by molar-refractivity contribution is 6.03. The highest BCUT2D eigenvalue weighted by Crippen LogP contribution is 2.23. The SMILES string of the molecule is C=CCN1C(N/N=C/c2ccccc2)=NC2C1C(=O)NC(=O)N2C. The number of benzene rings is 1. The fraction of sp³-hybridized carbons (Fsp3) is 0.250. The van der Waals surface area contributed by atoms with Crippen LogP contribution in [0.1, 0.15) is 5.56 Å². The minimum absolute atomic E-state index is 0.377. The quantitative estimate of drug-likeness (QED) is 0.474. The van der Waals surface area contributed by atoms with E-state index in [1.54, 1.807) is 24.2 Å². The summed E-state index contributed by atoms with van der Waals surface area (Å²) in [6.45, 7) is 4.11. The summed E-state index contributed by atoms with van der Waals surface area (Å²) in [4.78, 5) is 31.5. The number of guanidine groups is 1. The van der Waals surface area contributed by atoms with Gasteiger partial charge in [-0.2, -0.15) is 5.10 Å². The van der Waals surface area contributed by atoms with Crippen molar-refractivity contribution in [3.8, 4) is 0 Å². The maximum Gasteiger partial charge on any atom is 0.325 e. The fourth-order valence-corrected chi connectivity index (χ4v) is 2.66. The molecule has 0 bridgehead atoms. The Morgan fingerprint density at radius 2 is 2.12 bits per heavy atom. The molecule has 2 unspecified atom stereocenters. The Morgan fingerprint density at radius 3 is 2.83 bits per heavy atom. The summed E-state index contributed by atoms with van der Waals surface area (Å²) in [5.74, 6) is 0.0475. The number of fused-ring (bicyclic) bond motifs is 1. The number of amides is 3. The van der Waals surface area contributed by atoms with Crippen molar-refractivity contribution < 1.29 is 9.59 Å². The lowest BCUT2D eigenvalue weighted by molar-refractivity contribution is -0.126. The van der Waals surface area contributed by atoms with Gasteiger partial charge in [-0.25, -0.2) is 15.2 Å². The second-order valence-corrected chi connectivity index (χ2v) is 5.44. The van der Waals surface area contributed by atoms with E-state index in [1.165, 1.54) is 4.90 Å². The second kappa shape index (κ2) is 6.53. The first-order valence-corrected chi connectivity index (χ1v) is 7.49. The molecule has 0 aromatic heterocycles. The number of carbonyl (C=O) groups is 2. The molecule has 1 fully saturated rings. The van der Waals surface area contributed by atoms with Crippen LogP contribution in [0.5, 0.6) is 0 Å². The molecule has 124 valence electrons. The molecule has 2 N–H and O–H groups in total. The molecule has 0 radical (unpaired) electrons. The molecule has 2 atom stereocenters. The van der Waals surface area contributed by atoms with Gasteiger partial charge in [0.15, 0.2) is 12.2 Å². The van der Waals surface area contributed by atoms with Gasteiger partial charge in [0.2, 0.25) is 5.96 Å². The number of hydrazone groups is 1. The predicted octanol–water partition coefficient (Wildman–Crippen LogP) is 0.344. The van der Waals surface area contributed by atoms with E-state index in [0.29, 0.717) is 12.5 Å². The second-order valence-electron chi connectivity index (χ2n) is 5.44. The van der Waals surface area contributed by atoms with Crippen LogP contribution in [0.3, 0.4) is 0 Å². The highest BCUT2D eigenvalue weighted by atomic mass is 16.2. The van der Waals surface area contributed by atoms with Crippen molar-refractivity contribution in [2.45, 2.75) is 12.2 Å². The topological polar surface area (TPSA) is 89.4 Å². The first-order chi connectivity index (χ1) is 11.6. The minimum Gasteiger partial charge on any atom is -0.322 e.